The van der Waals surface area contributed by atoms with Crippen LogP contribution in [0.3, 0.4) is 0 Å². The van der Waals surface area contributed by atoms with Crippen LogP contribution in [-0.2, 0) is 0 Å². The van der Waals surface area contributed by atoms with Gasteiger partial charge in [-0.15, -0.1) is 0 Å². The fraction of sp³-hybridized carbons (Fsp3) is 0.875. The zero-order chi connectivity index (χ0) is 14.7. The minimum absolute atomic E-state index is 0.482. The number of allylic oxidation sites excluding steroid dienone is 1. The zero-order valence-corrected chi connectivity index (χ0v) is 16.4. The summed E-state index contributed by atoms with van der Waals surface area (Å²) >= 11 is 0. The van der Waals surface area contributed by atoms with Gasteiger partial charge >= 0.3 is 0 Å². The summed E-state index contributed by atoms with van der Waals surface area (Å²) in [5.74, 6) is 0. The van der Waals surface area contributed by atoms with Gasteiger partial charge in [0, 0.05) is 14.4 Å². The lowest BCUT2D eigenvalue weighted by Gasteiger charge is -2.45. The number of hydrogen-bond acceptors (Lipinski definition) is 1. The second-order valence-electron chi connectivity index (χ2n) is 8.03. The average Bonchev–Trinajstić information content (AvgIpc) is 2.74. The molecule has 0 bridgehead atoms. The topological polar surface area (TPSA) is 12.0 Å². The van der Waals surface area contributed by atoms with Gasteiger partial charge in [-0.05, 0) is 37.9 Å². The van der Waals surface area contributed by atoms with Crippen LogP contribution < -0.4 is 5.32 Å². The smallest absolute Gasteiger partial charge is 0.0861 e. The van der Waals surface area contributed by atoms with Gasteiger partial charge in [-0.2, -0.15) is 0 Å². The molecule has 1 rings (SSSR count). The lowest BCUT2D eigenvalue weighted by atomic mass is 10.2. The van der Waals surface area contributed by atoms with Crippen molar-refractivity contribution in [3.63, 3.8) is 0 Å². The highest BCUT2D eigenvalue weighted by Crippen LogP contribution is 2.39. The van der Waals surface area contributed by atoms with Crippen LogP contribution >= 0.6 is 0 Å². The third-order valence-corrected chi connectivity index (χ3v) is 21.6. The van der Waals surface area contributed by atoms with Crippen LogP contribution in [0.25, 0.3) is 0 Å². The minimum Gasteiger partial charge on any atom is -0.317 e. The van der Waals surface area contributed by atoms with Gasteiger partial charge in [-0.1, -0.05) is 58.0 Å². The number of hydrogen-bond donors (Lipinski definition) is 1. The standard InChI is InChI=1S/C16H35NSi2/c1-14(2)12-19(18(6)7,16(3,4)5)13-17-15-10-8-9-11-15/h12,15,17-18H,8-11,13H2,1-7H3. The van der Waals surface area contributed by atoms with E-state index < -0.39 is 15.9 Å². The van der Waals surface area contributed by atoms with Crippen LogP contribution in [0.1, 0.15) is 60.3 Å². The molecule has 1 atom stereocenters. The van der Waals surface area contributed by atoms with Crippen molar-refractivity contribution in [2.75, 3.05) is 6.17 Å². The van der Waals surface area contributed by atoms with Gasteiger partial charge < -0.3 is 5.32 Å². The summed E-state index contributed by atoms with van der Waals surface area (Å²) in [6, 6.07) is 0.813. The quantitative estimate of drug-likeness (QED) is 0.743. The van der Waals surface area contributed by atoms with E-state index in [1.807, 2.05) is 0 Å². The normalized spacial score (nSPS) is 20.6. The second kappa shape index (κ2) is 6.73. The van der Waals surface area contributed by atoms with E-state index in [0.29, 0.717) is 5.04 Å². The maximum atomic E-state index is 3.97. The van der Waals surface area contributed by atoms with Crippen LogP contribution in [0.2, 0.25) is 18.1 Å². The molecule has 1 unspecified atom stereocenters. The Balaban J connectivity index is 2.91. The lowest BCUT2D eigenvalue weighted by Crippen LogP contribution is -2.61. The maximum absolute atomic E-state index is 3.97. The Kier molecular flexibility index (Phi) is 6.08. The van der Waals surface area contributed by atoms with E-state index in [1.54, 1.807) is 0 Å². The molecule has 1 aliphatic rings. The Labute approximate surface area is 123 Å². The van der Waals surface area contributed by atoms with Crippen molar-refractivity contribution in [2.24, 2.45) is 0 Å². The van der Waals surface area contributed by atoms with Crippen molar-refractivity contribution in [2.45, 2.75) is 84.5 Å². The predicted molar refractivity (Wildman–Crippen MR) is 94.0 cm³/mol. The van der Waals surface area contributed by atoms with Crippen LogP contribution in [0, 0.1) is 0 Å². The summed E-state index contributed by atoms with van der Waals surface area (Å²) in [6.07, 6.45) is 7.00. The summed E-state index contributed by atoms with van der Waals surface area (Å²) < 4.78 is 0. The molecule has 0 radical (unpaired) electrons. The molecule has 112 valence electrons. The molecule has 1 saturated carbocycles. The third-order valence-electron chi connectivity index (χ3n) is 5.01. The third kappa shape index (κ3) is 4.30. The molecule has 1 aliphatic carbocycles. The molecule has 1 N–H and O–H groups in total. The summed E-state index contributed by atoms with van der Waals surface area (Å²) in [5, 5.41) is 4.45. The van der Waals surface area contributed by atoms with E-state index in [4.69, 9.17) is 0 Å². The van der Waals surface area contributed by atoms with Crippen LogP contribution in [-0.4, -0.2) is 28.1 Å². The van der Waals surface area contributed by atoms with Gasteiger partial charge in [0.1, 0.15) is 0 Å². The Morgan fingerprint density at radius 3 is 2.11 bits per heavy atom. The summed E-state index contributed by atoms with van der Waals surface area (Å²) in [5.41, 5.74) is 4.27. The molecule has 0 heterocycles. The first-order valence-corrected chi connectivity index (χ1v) is 14.5. The molecule has 3 heteroatoms. The van der Waals surface area contributed by atoms with E-state index in [2.05, 4.69) is 58.7 Å². The van der Waals surface area contributed by atoms with Gasteiger partial charge in [0.15, 0.2) is 0 Å². The Morgan fingerprint density at radius 2 is 1.74 bits per heavy atom. The summed E-state index contributed by atoms with van der Waals surface area (Å²) in [7, 11) is -2.00. The second-order valence-corrected chi connectivity index (χ2v) is 21.1. The maximum Gasteiger partial charge on any atom is 0.0861 e. The molecule has 1 nitrogen and oxygen atoms in total. The number of rotatable bonds is 5. The first-order chi connectivity index (χ1) is 8.69. The van der Waals surface area contributed by atoms with Crippen molar-refractivity contribution in [3.8, 4) is 0 Å². The Bertz CT molecular complexity index is 307. The fourth-order valence-electron chi connectivity index (χ4n) is 3.73. The molecule has 0 amide bonds. The van der Waals surface area contributed by atoms with Crippen LogP contribution in [0.5, 0.6) is 0 Å². The lowest BCUT2D eigenvalue weighted by molar-refractivity contribution is 0.558. The van der Waals surface area contributed by atoms with E-state index >= 15 is 0 Å². The summed E-state index contributed by atoms with van der Waals surface area (Å²) in [4.78, 5) is 0. The fourth-order valence-corrected chi connectivity index (χ4v) is 17.7. The molecular formula is C16H35NSi2. The zero-order valence-electron chi connectivity index (χ0n) is 14.3. The highest BCUT2D eigenvalue weighted by molar-refractivity contribution is 7.36. The first kappa shape index (κ1) is 17.2. The van der Waals surface area contributed by atoms with Gasteiger partial charge in [0.05, 0.1) is 7.59 Å². The Hall–Kier alpha value is 0.134. The van der Waals surface area contributed by atoms with Crippen LogP contribution in [0.4, 0.5) is 0 Å². The Morgan fingerprint density at radius 1 is 1.21 bits per heavy atom. The van der Waals surface area contributed by atoms with Crippen LogP contribution in [0.15, 0.2) is 11.3 Å². The SMILES string of the molecule is CC(C)=C[Si](CNC1CCCC1)([SiH](C)C)C(C)(C)C. The van der Waals surface area contributed by atoms with Crippen molar-refractivity contribution >= 4 is 15.9 Å². The highest BCUT2D eigenvalue weighted by Gasteiger charge is 2.45. The molecule has 0 aromatic heterocycles. The minimum atomic E-state index is -1.34. The highest BCUT2D eigenvalue weighted by atomic mass is 29.2. The largest absolute Gasteiger partial charge is 0.317 e. The van der Waals surface area contributed by atoms with E-state index in [0.717, 1.165) is 6.04 Å². The van der Waals surface area contributed by atoms with Crippen molar-refractivity contribution in [1.29, 1.82) is 0 Å². The monoisotopic (exact) mass is 297 g/mol. The molecular weight excluding hydrogens is 262 g/mol. The van der Waals surface area contributed by atoms with Crippen molar-refractivity contribution in [3.05, 3.63) is 11.3 Å². The molecule has 0 saturated heterocycles. The van der Waals surface area contributed by atoms with Crippen molar-refractivity contribution in [1.82, 2.24) is 5.32 Å². The van der Waals surface area contributed by atoms with E-state index in [-0.39, 0.29) is 0 Å². The van der Waals surface area contributed by atoms with Gasteiger partial charge in [-0.25, -0.2) is 0 Å². The average molecular weight is 298 g/mol. The first-order valence-electron chi connectivity index (χ1n) is 8.08. The van der Waals surface area contributed by atoms with E-state index in [9.17, 15) is 0 Å². The molecule has 1 fully saturated rings. The predicted octanol–water partition coefficient (Wildman–Crippen LogP) is 4.38. The molecule has 19 heavy (non-hydrogen) atoms. The van der Waals surface area contributed by atoms with Crippen molar-refractivity contribution < 1.29 is 0 Å². The van der Waals surface area contributed by atoms with Gasteiger partial charge in [0.25, 0.3) is 0 Å². The molecule has 0 aliphatic heterocycles. The summed E-state index contributed by atoms with van der Waals surface area (Å²) in [6.45, 7) is 17.2. The van der Waals surface area contributed by atoms with E-state index in [1.165, 1.54) is 37.4 Å². The van der Waals surface area contributed by atoms with Gasteiger partial charge in [-0.3, -0.25) is 0 Å². The van der Waals surface area contributed by atoms with Gasteiger partial charge in [0.2, 0.25) is 0 Å². The molecule has 0 aromatic carbocycles. The molecule has 0 aromatic rings. The number of nitrogens with one attached hydrogen (secondary N) is 1. The molecule has 0 spiro atoms.